The predicted molar refractivity (Wildman–Crippen MR) is 150 cm³/mol. The fraction of sp³-hybridized carbons (Fsp3) is 0.167. The molecule has 0 spiro atoms. The van der Waals surface area contributed by atoms with E-state index in [-0.39, 0.29) is 12.3 Å². The molecule has 0 atom stereocenters. The summed E-state index contributed by atoms with van der Waals surface area (Å²) in [7, 11) is 0. The molecule has 4 heterocycles. The number of rotatable bonds is 6. The minimum Gasteiger partial charge on any atom is -0.368 e. The molecule has 3 aromatic heterocycles. The Morgan fingerprint density at radius 3 is 2.29 bits per heavy atom. The predicted octanol–water partition coefficient (Wildman–Crippen LogP) is 4.59. The molecule has 188 valence electrons. The lowest BCUT2D eigenvalue weighted by Crippen LogP contribution is -2.46. The number of nitrogens with zero attached hydrogens (tertiary/aromatic N) is 6. The number of hydrogen-bond acceptors (Lipinski definition) is 7. The Kier molecular flexibility index (Phi) is 6.59. The molecule has 2 aromatic carbocycles. The van der Waals surface area contributed by atoms with Crippen molar-refractivity contribution in [2.24, 2.45) is 0 Å². The number of anilines is 3. The summed E-state index contributed by atoms with van der Waals surface area (Å²) in [5.74, 6) is 0.807. The topological polar surface area (TPSA) is 87.1 Å². The second kappa shape index (κ2) is 10.6. The average molecular weight is 502 g/mol. The molecule has 1 aliphatic rings. The van der Waals surface area contributed by atoms with Gasteiger partial charge in [-0.15, -0.1) is 0 Å². The molecule has 1 aliphatic heterocycles. The van der Waals surface area contributed by atoms with Crippen molar-refractivity contribution < 1.29 is 4.79 Å². The number of carbonyl (C=O) groups excluding carboxylic acids is 1. The zero-order valence-corrected chi connectivity index (χ0v) is 20.9. The SMILES string of the molecule is O=C(Cc1ccccn1)Nc1ccc(-c2ccc3ncc(N4CCN(c5ccncc5)CC4)nc3c2)cc1. The van der Waals surface area contributed by atoms with Crippen LogP contribution in [0.2, 0.25) is 0 Å². The van der Waals surface area contributed by atoms with E-state index in [2.05, 4.69) is 54.3 Å². The van der Waals surface area contributed by atoms with Crippen LogP contribution in [0.4, 0.5) is 17.2 Å². The van der Waals surface area contributed by atoms with Crippen LogP contribution in [0.1, 0.15) is 5.69 Å². The van der Waals surface area contributed by atoms with Gasteiger partial charge in [-0.1, -0.05) is 24.3 Å². The molecule has 8 heteroatoms. The number of pyridine rings is 2. The zero-order valence-electron chi connectivity index (χ0n) is 20.9. The third-order valence-electron chi connectivity index (χ3n) is 6.73. The Morgan fingerprint density at radius 2 is 1.53 bits per heavy atom. The van der Waals surface area contributed by atoms with Gasteiger partial charge >= 0.3 is 0 Å². The van der Waals surface area contributed by atoms with Gasteiger partial charge in [0.2, 0.25) is 5.91 Å². The smallest absolute Gasteiger partial charge is 0.230 e. The van der Waals surface area contributed by atoms with Crippen molar-refractivity contribution in [1.82, 2.24) is 19.9 Å². The quantitative estimate of drug-likeness (QED) is 0.364. The number of benzene rings is 2. The molecule has 0 bridgehead atoms. The van der Waals surface area contributed by atoms with Crippen LogP contribution in [-0.2, 0) is 11.2 Å². The number of fused-ring (bicyclic) bond motifs is 1. The van der Waals surface area contributed by atoms with Gasteiger partial charge in [0.1, 0.15) is 5.82 Å². The molecule has 0 unspecified atom stereocenters. The molecule has 1 saturated heterocycles. The second-order valence-electron chi connectivity index (χ2n) is 9.23. The molecule has 0 radical (unpaired) electrons. The maximum Gasteiger partial charge on any atom is 0.230 e. The van der Waals surface area contributed by atoms with Gasteiger partial charge in [0.15, 0.2) is 0 Å². The van der Waals surface area contributed by atoms with E-state index in [1.54, 1.807) is 6.20 Å². The first-order chi connectivity index (χ1) is 18.7. The van der Waals surface area contributed by atoms with Gasteiger partial charge in [0.05, 0.1) is 23.7 Å². The van der Waals surface area contributed by atoms with Crippen LogP contribution in [0.3, 0.4) is 0 Å². The molecule has 6 rings (SSSR count). The van der Waals surface area contributed by atoms with Gasteiger partial charge in [-0.2, -0.15) is 0 Å². The summed E-state index contributed by atoms with van der Waals surface area (Å²) in [6, 6.07) is 23.7. The monoisotopic (exact) mass is 501 g/mol. The molecule has 38 heavy (non-hydrogen) atoms. The highest BCUT2D eigenvalue weighted by atomic mass is 16.1. The van der Waals surface area contributed by atoms with E-state index in [0.29, 0.717) is 0 Å². The van der Waals surface area contributed by atoms with E-state index in [9.17, 15) is 4.79 Å². The van der Waals surface area contributed by atoms with Crippen LogP contribution in [0, 0.1) is 0 Å². The first-order valence-electron chi connectivity index (χ1n) is 12.7. The molecule has 1 amide bonds. The Bertz CT molecular complexity index is 1530. The first kappa shape index (κ1) is 23.5. The lowest BCUT2D eigenvalue weighted by molar-refractivity contribution is -0.115. The van der Waals surface area contributed by atoms with Crippen LogP contribution in [-0.4, -0.2) is 52.0 Å². The maximum absolute atomic E-state index is 12.4. The zero-order chi connectivity index (χ0) is 25.7. The number of hydrogen-bond donors (Lipinski definition) is 1. The van der Waals surface area contributed by atoms with Crippen LogP contribution in [0.15, 0.2) is 97.6 Å². The summed E-state index contributed by atoms with van der Waals surface area (Å²) in [5, 5.41) is 2.94. The lowest BCUT2D eigenvalue weighted by atomic mass is 10.0. The first-order valence-corrected chi connectivity index (χ1v) is 12.7. The third-order valence-corrected chi connectivity index (χ3v) is 6.73. The second-order valence-corrected chi connectivity index (χ2v) is 9.23. The molecule has 0 aliphatic carbocycles. The van der Waals surface area contributed by atoms with Crippen molar-refractivity contribution in [2.45, 2.75) is 6.42 Å². The van der Waals surface area contributed by atoms with Gasteiger partial charge in [0.25, 0.3) is 0 Å². The van der Waals surface area contributed by atoms with E-state index in [4.69, 9.17) is 4.98 Å². The Balaban J connectivity index is 1.13. The Morgan fingerprint density at radius 1 is 0.763 bits per heavy atom. The molecular weight excluding hydrogens is 474 g/mol. The normalized spacial score (nSPS) is 13.5. The molecule has 8 nitrogen and oxygen atoms in total. The van der Waals surface area contributed by atoms with Crippen molar-refractivity contribution >= 4 is 34.1 Å². The minimum atomic E-state index is -0.0911. The van der Waals surface area contributed by atoms with Gasteiger partial charge in [-0.3, -0.25) is 19.7 Å². The van der Waals surface area contributed by atoms with Crippen molar-refractivity contribution in [3.05, 3.63) is 103 Å². The molecule has 1 fully saturated rings. The highest BCUT2D eigenvalue weighted by Gasteiger charge is 2.19. The fourth-order valence-electron chi connectivity index (χ4n) is 4.70. The number of piperazine rings is 1. The summed E-state index contributed by atoms with van der Waals surface area (Å²) >= 11 is 0. The number of carbonyl (C=O) groups is 1. The van der Waals surface area contributed by atoms with Gasteiger partial charge < -0.3 is 15.1 Å². The van der Waals surface area contributed by atoms with Crippen LogP contribution >= 0.6 is 0 Å². The van der Waals surface area contributed by atoms with Crippen molar-refractivity contribution in [3.63, 3.8) is 0 Å². The minimum absolute atomic E-state index is 0.0911. The lowest BCUT2D eigenvalue weighted by Gasteiger charge is -2.36. The van der Waals surface area contributed by atoms with Gasteiger partial charge in [-0.05, 0) is 59.7 Å². The third kappa shape index (κ3) is 5.29. The Labute approximate surface area is 221 Å². The van der Waals surface area contributed by atoms with E-state index < -0.39 is 0 Å². The molecular formula is C30H27N7O. The summed E-state index contributed by atoms with van der Waals surface area (Å²) in [5.41, 5.74) is 6.53. The Hall–Kier alpha value is -4.85. The summed E-state index contributed by atoms with van der Waals surface area (Å²) in [6.07, 6.45) is 7.47. The van der Waals surface area contributed by atoms with Crippen molar-refractivity contribution in [3.8, 4) is 11.1 Å². The highest BCUT2D eigenvalue weighted by molar-refractivity contribution is 5.92. The van der Waals surface area contributed by atoms with E-state index in [0.717, 1.165) is 65.5 Å². The standard InChI is InChI=1S/C30H27N7O/c38-30(20-25-3-1-2-12-32-25)34-24-7-4-22(5-8-24)23-6-9-27-28(19-23)35-29(21-33-27)37-17-15-36(16-18-37)26-10-13-31-14-11-26/h1-14,19,21H,15-18,20H2,(H,34,38). The van der Waals surface area contributed by atoms with E-state index in [1.807, 2.05) is 67.1 Å². The average Bonchev–Trinajstić information content (AvgIpc) is 2.98. The van der Waals surface area contributed by atoms with Crippen LogP contribution in [0.25, 0.3) is 22.2 Å². The summed E-state index contributed by atoms with van der Waals surface area (Å²) < 4.78 is 0. The number of nitrogens with one attached hydrogen (secondary N) is 1. The van der Waals surface area contributed by atoms with Gasteiger partial charge in [0, 0.05) is 61.8 Å². The number of amides is 1. The number of aromatic nitrogens is 4. The molecule has 5 aromatic rings. The van der Waals surface area contributed by atoms with Gasteiger partial charge in [-0.25, -0.2) is 4.98 Å². The molecule has 0 saturated carbocycles. The largest absolute Gasteiger partial charge is 0.368 e. The van der Waals surface area contributed by atoms with Crippen molar-refractivity contribution in [1.29, 1.82) is 0 Å². The summed E-state index contributed by atoms with van der Waals surface area (Å²) in [4.78, 5) is 35.0. The molecule has 1 N–H and O–H groups in total. The van der Waals surface area contributed by atoms with E-state index in [1.165, 1.54) is 5.69 Å². The summed E-state index contributed by atoms with van der Waals surface area (Å²) in [6.45, 7) is 3.62. The van der Waals surface area contributed by atoms with Crippen LogP contribution in [0.5, 0.6) is 0 Å². The van der Waals surface area contributed by atoms with Crippen molar-refractivity contribution in [2.75, 3.05) is 41.3 Å². The maximum atomic E-state index is 12.4. The van der Waals surface area contributed by atoms with Crippen LogP contribution < -0.4 is 15.1 Å². The van der Waals surface area contributed by atoms with E-state index >= 15 is 0 Å². The fourth-order valence-corrected chi connectivity index (χ4v) is 4.70. The highest BCUT2D eigenvalue weighted by Crippen LogP contribution is 2.26.